The molecule has 1 unspecified atom stereocenters. The minimum absolute atomic E-state index is 0.225. The minimum atomic E-state index is -3.11. The van der Waals surface area contributed by atoms with E-state index in [-0.39, 0.29) is 6.02 Å². The van der Waals surface area contributed by atoms with Gasteiger partial charge in [0.25, 0.3) is 6.02 Å². The summed E-state index contributed by atoms with van der Waals surface area (Å²) >= 11 is 0. The van der Waals surface area contributed by atoms with Gasteiger partial charge in [0.15, 0.2) is 6.61 Å². The van der Waals surface area contributed by atoms with E-state index in [4.69, 9.17) is 10.5 Å². The van der Waals surface area contributed by atoms with Crippen LogP contribution in [0.5, 0.6) is 5.75 Å². The molecule has 6 heteroatoms. The maximum atomic E-state index is 14.0. The Morgan fingerprint density at radius 3 is 2.74 bits per heavy atom. The summed E-state index contributed by atoms with van der Waals surface area (Å²) in [6, 6.07) is 14.5. The van der Waals surface area contributed by atoms with Gasteiger partial charge in [-0.05, 0) is 23.3 Å². The maximum absolute atomic E-state index is 14.0. The predicted molar refractivity (Wildman–Crippen MR) is 82.5 cm³/mol. The van der Waals surface area contributed by atoms with Crippen LogP contribution in [0.15, 0.2) is 59.6 Å². The first-order chi connectivity index (χ1) is 11.0. The number of nitrogens with zero attached hydrogens (tertiary/aromatic N) is 1. The molecule has 1 heterocycles. The van der Waals surface area contributed by atoms with Gasteiger partial charge in [-0.3, -0.25) is 0 Å². The van der Waals surface area contributed by atoms with Crippen molar-refractivity contribution in [2.75, 3.05) is 6.61 Å². The van der Waals surface area contributed by atoms with Crippen LogP contribution in [-0.2, 0) is 11.3 Å². The van der Waals surface area contributed by atoms with E-state index >= 15 is 0 Å². The third kappa shape index (κ3) is 3.59. The first-order valence-electron chi connectivity index (χ1n) is 7.15. The van der Waals surface area contributed by atoms with E-state index in [0.29, 0.717) is 17.9 Å². The summed E-state index contributed by atoms with van der Waals surface area (Å²) in [6.07, 6.45) is 0. The number of rotatable bonds is 4. The second-order valence-electron chi connectivity index (χ2n) is 5.27. The van der Waals surface area contributed by atoms with Gasteiger partial charge >= 0.3 is 5.92 Å². The summed E-state index contributed by atoms with van der Waals surface area (Å²) in [5, 5.41) is 0. The monoisotopic (exact) mass is 318 g/mol. The van der Waals surface area contributed by atoms with Crippen molar-refractivity contribution in [1.29, 1.82) is 0 Å². The number of nitrogens with two attached hydrogens (primary N) is 1. The molecule has 120 valence electrons. The molecule has 3 rings (SSSR count). The van der Waals surface area contributed by atoms with Crippen molar-refractivity contribution in [3.8, 4) is 5.75 Å². The van der Waals surface area contributed by atoms with Crippen molar-refractivity contribution >= 4 is 6.02 Å². The average molecular weight is 318 g/mol. The van der Waals surface area contributed by atoms with Crippen LogP contribution < -0.4 is 10.5 Å². The van der Waals surface area contributed by atoms with Gasteiger partial charge in [-0.15, -0.1) is 0 Å². The van der Waals surface area contributed by atoms with E-state index in [0.717, 1.165) is 5.56 Å². The summed E-state index contributed by atoms with van der Waals surface area (Å²) in [5.41, 5.74) is 6.76. The normalized spacial score (nSPS) is 19.6. The molecule has 0 amide bonds. The number of halogens is 2. The number of alkyl halides is 2. The van der Waals surface area contributed by atoms with Crippen LogP contribution in [0.1, 0.15) is 17.2 Å². The summed E-state index contributed by atoms with van der Waals surface area (Å²) < 4.78 is 38.3. The Balaban J connectivity index is 1.78. The first-order valence-corrected chi connectivity index (χ1v) is 7.15. The molecule has 1 aliphatic heterocycles. The van der Waals surface area contributed by atoms with Gasteiger partial charge in [0.2, 0.25) is 0 Å². The number of aliphatic imine (C=N–C) groups is 1. The van der Waals surface area contributed by atoms with Gasteiger partial charge in [0.1, 0.15) is 18.4 Å². The topological polar surface area (TPSA) is 56.8 Å². The van der Waals surface area contributed by atoms with Gasteiger partial charge in [-0.25, -0.2) is 13.8 Å². The molecule has 0 aliphatic carbocycles. The lowest BCUT2D eigenvalue weighted by Crippen LogP contribution is -2.39. The first kappa shape index (κ1) is 15.3. The third-order valence-electron chi connectivity index (χ3n) is 3.49. The molecule has 1 atom stereocenters. The zero-order valence-electron chi connectivity index (χ0n) is 12.3. The minimum Gasteiger partial charge on any atom is -0.489 e. The molecular weight excluding hydrogens is 302 g/mol. The van der Waals surface area contributed by atoms with E-state index in [9.17, 15) is 8.78 Å². The highest BCUT2D eigenvalue weighted by Crippen LogP contribution is 2.38. The van der Waals surface area contributed by atoms with Crippen LogP contribution in [0.3, 0.4) is 0 Å². The largest absolute Gasteiger partial charge is 0.489 e. The molecule has 23 heavy (non-hydrogen) atoms. The van der Waals surface area contributed by atoms with E-state index in [2.05, 4.69) is 9.73 Å². The Hall–Kier alpha value is -2.63. The highest BCUT2D eigenvalue weighted by molar-refractivity contribution is 5.72. The molecule has 2 aromatic carbocycles. The zero-order chi connectivity index (χ0) is 16.3. The Labute approximate surface area is 132 Å². The average Bonchev–Trinajstić information content (AvgIpc) is 2.56. The van der Waals surface area contributed by atoms with Gasteiger partial charge in [-0.2, -0.15) is 0 Å². The lowest BCUT2D eigenvalue weighted by molar-refractivity contribution is -0.0781. The highest BCUT2D eigenvalue weighted by atomic mass is 19.3. The van der Waals surface area contributed by atoms with Crippen LogP contribution in [0.4, 0.5) is 8.78 Å². The van der Waals surface area contributed by atoms with Crippen LogP contribution in [0, 0.1) is 0 Å². The lowest BCUT2D eigenvalue weighted by atomic mass is 10.0. The summed E-state index contributed by atoms with van der Waals surface area (Å²) in [7, 11) is 0. The van der Waals surface area contributed by atoms with Crippen molar-refractivity contribution in [3.05, 3.63) is 65.7 Å². The van der Waals surface area contributed by atoms with Crippen molar-refractivity contribution in [1.82, 2.24) is 0 Å². The number of hydrogen-bond acceptors (Lipinski definition) is 4. The second kappa shape index (κ2) is 6.24. The van der Waals surface area contributed by atoms with Crippen LogP contribution in [0.2, 0.25) is 0 Å². The number of amidine groups is 1. The predicted octanol–water partition coefficient (Wildman–Crippen LogP) is 3.29. The molecule has 4 nitrogen and oxygen atoms in total. The molecule has 0 aromatic heterocycles. The number of hydrogen-bond donors (Lipinski definition) is 1. The van der Waals surface area contributed by atoms with Gasteiger partial charge < -0.3 is 15.2 Å². The van der Waals surface area contributed by atoms with Gasteiger partial charge in [-0.1, -0.05) is 42.5 Å². The Morgan fingerprint density at radius 2 is 1.96 bits per heavy atom. The quantitative estimate of drug-likeness (QED) is 0.941. The summed E-state index contributed by atoms with van der Waals surface area (Å²) in [4.78, 5) is 3.73. The van der Waals surface area contributed by atoms with Crippen molar-refractivity contribution < 1.29 is 18.3 Å². The second-order valence-corrected chi connectivity index (χ2v) is 5.27. The fraction of sp³-hybridized carbons (Fsp3) is 0.235. The molecule has 2 aromatic rings. The van der Waals surface area contributed by atoms with Crippen molar-refractivity contribution in [2.45, 2.75) is 18.6 Å². The Bertz CT molecular complexity index is 705. The zero-order valence-corrected chi connectivity index (χ0v) is 12.3. The number of benzene rings is 2. The van der Waals surface area contributed by atoms with Crippen LogP contribution in [0.25, 0.3) is 0 Å². The van der Waals surface area contributed by atoms with Gasteiger partial charge in [0.05, 0.1) is 0 Å². The summed E-state index contributed by atoms with van der Waals surface area (Å²) in [6.45, 7) is -0.415. The molecule has 1 aliphatic rings. The SMILES string of the molecule is NC1=NC(c2cccc(OCc3ccccc3)c2)C(F)(F)CO1. The van der Waals surface area contributed by atoms with Crippen molar-refractivity contribution in [2.24, 2.45) is 10.7 Å². The highest BCUT2D eigenvalue weighted by Gasteiger charge is 2.45. The van der Waals surface area contributed by atoms with Crippen LogP contribution >= 0.6 is 0 Å². The van der Waals surface area contributed by atoms with E-state index in [1.165, 1.54) is 0 Å². The third-order valence-corrected chi connectivity index (χ3v) is 3.49. The standard InChI is InChI=1S/C17H16F2N2O2/c18-17(19)11-23-16(20)21-15(17)13-7-4-8-14(9-13)22-10-12-5-2-1-3-6-12/h1-9,15H,10-11H2,(H2,20,21). The van der Waals surface area contributed by atoms with E-state index in [1.807, 2.05) is 30.3 Å². The summed E-state index contributed by atoms with van der Waals surface area (Å²) in [5.74, 6) is -2.61. The molecule has 0 spiro atoms. The molecule has 0 saturated carbocycles. The fourth-order valence-electron chi connectivity index (χ4n) is 2.34. The maximum Gasteiger partial charge on any atom is 0.307 e. The number of ether oxygens (including phenoxy) is 2. The molecule has 0 bridgehead atoms. The molecule has 2 N–H and O–H groups in total. The molecule has 0 saturated heterocycles. The van der Waals surface area contributed by atoms with E-state index < -0.39 is 18.6 Å². The van der Waals surface area contributed by atoms with Crippen molar-refractivity contribution in [3.63, 3.8) is 0 Å². The fourth-order valence-corrected chi connectivity index (χ4v) is 2.34. The Morgan fingerprint density at radius 1 is 1.17 bits per heavy atom. The smallest absolute Gasteiger partial charge is 0.307 e. The van der Waals surface area contributed by atoms with E-state index in [1.54, 1.807) is 24.3 Å². The van der Waals surface area contributed by atoms with Gasteiger partial charge in [0, 0.05) is 0 Å². The molecule has 0 radical (unpaired) electrons. The molecule has 0 fully saturated rings. The Kier molecular flexibility index (Phi) is 4.14. The molecular formula is C17H16F2N2O2. The van der Waals surface area contributed by atoms with Crippen LogP contribution in [-0.4, -0.2) is 18.6 Å². The lowest BCUT2D eigenvalue weighted by Gasteiger charge is -2.28.